The third-order valence-electron chi connectivity index (χ3n) is 7.57. The van der Waals surface area contributed by atoms with Crippen molar-refractivity contribution in [2.24, 2.45) is 11.8 Å². The first-order chi connectivity index (χ1) is 19.0. The van der Waals surface area contributed by atoms with Crippen LogP contribution in [0.4, 0.5) is 10.2 Å². The molecule has 3 aromatic rings. The van der Waals surface area contributed by atoms with Gasteiger partial charge in [0.1, 0.15) is 17.4 Å². The van der Waals surface area contributed by atoms with Crippen molar-refractivity contribution in [1.82, 2.24) is 14.7 Å². The van der Waals surface area contributed by atoms with Crippen molar-refractivity contribution in [2.75, 3.05) is 18.1 Å². The molecule has 2 fully saturated rings. The van der Waals surface area contributed by atoms with Gasteiger partial charge >= 0.3 is 0 Å². The number of amides is 1. The number of nitrogens with zero attached hydrogens (tertiary/aromatic N) is 3. The lowest BCUT2D eigenvalue weighted by Gasteiger charge is -2.47. The van der Waals surface area contributed by atoms with Gasteiger partial charge in [0.15, 0.2) is 5.03 Å². The molecule has 1 N–H and O–H groups in total. The molecule has 2 aliphatic rings. The molecule has 1 amide bonds. The highest BCUT2D eigenvalue weighted by atomic mass is 32.2. The van der Waals surface area contributed by atoms with Gasteiger partial charge in [0.05, 0.1) is 17.9 Å². The lowest BCUT2D eigenvalue weighted by atomic mass is 9.73. The largest absolute Gasteiger partial charge is 0.493 e. The SMILES string of the molecule is Cc1cccc(S(=O)(=O)NC(=O)c2ccc(-c3cc(F)cc(OCC(C)C)c3)nc2N2CC(C)CC23CCC3)n1. The van der Waals surface area contributed by atoms with E-state index in [2.05, 4.69) is 21.5 Å². The lowest BCUT2D eigenvalue weighted by molar-refractivity contribution is 0.0981. The molecule has 1 unspecified atom stereocenters. The highest BCUT2D eigenvalue weighted by Gasteiger charge is 2.49. The second-order valence-corrected chi connectivity index (χ2v) is 13.1. The molecule has 8 nitrogen and oxygen atoms in total. The minimum Gasteiger partial charge on any atom is -0.493 e. The number of nitrogens with one attached hydrogen (secondary N) is 1. The van der Waals surface area contributed by atoms with Crippen molar-refractivity contribution in [3.8, 4) is 17.0 Å². The Bertz CT molecular complexity index is 1540. The minimum atomic E-state index is -4.21. The Morgan fingerprint density at radius 3 is 2.62 bits per heavy atom. The van der Waals surface area contributed by atoms with Gasteiger partial charge in [-0.1, -0.05) is 26.8 Å². The fraction of sp³-hybridized carbons (Fsp3) is 0.433. The van der Waals surface area contributed by atoms with Gasteiger partial charge in [0.25, 0.3) is 15.9 Å². The maximum Gasteiger partial charge on any atom is 0.281 e. The lowest BCUT2D eigenvalue weighted by Crippen LogP contribution is -2.50. The molecule has 2 aromatic heterocycles. The summed E-state index contributed by atoms with van der Waals surface area (Å²) in [6, 6.07) is 12.2. The predicted molar refractivity (Wildman–Crippen MR) is 151 cm³/mol. The second kappa shape index (κ2) is 10.8. The van der Waals surface area contributed by atoms with Crippen LogP contribution in [0.5, 0.6) is 5.75 Å². The number of halogens is 1. The van der Waals surface area contributed by atoms with Gasteiger partial charge < -0.3 is 9.64 Å². The van der Waals surface area contributed by atoms with Crippen molar-refractivity contribution >= 4 is 21.7 Å². The van der Waals surface area contributed by atoms with Crippen LogP contribution in [-0.4, -0.2) is 43.0 Å². The van der Waals surface area contributed by atoms with Gasteiger partial charge in [0, 0.05) is 29.4 Å². The number of aromatic nitrogens is 2. The first kappa shape index (κ1) is 28.0. The molecule has 1 spiro atoms. The summed E-state index contributed by atoms with van der Waals surface area (Å²) < 4.78 is 48.6. The average Bonchev–Trinajstić information content (AvgIpc) is 3.24. The Kier molecular flexibility index (Phi) is 7.56. The van der Waals surface area contributed by atoms with Gasteiger partial charge in [-0.05, 0) is 80.8 Å². The summed E-state index contributed by atoms with van der Waals surface area (Å²) in [5.41, 5.74) is 1.53. The van der Waals surface area contributed by atoms with Gasteiger partial charge in [0.2, 0.25) is 0 Å². The van der Waals surface area contributed by atoms with E-state index < -0.39 is 21.7 Å². The predicted octanol–water partition coefficient (Wildman–Crippen LogP) is 5.51. The summed E-state index contributed by atoms with van der Waals surface area (Å²) in [5.74, 6) is 0.217. The number of sulfonamides is 1. The Morgan fingerprint density at radius 2 is 1.95 bits per heavy atom. The topological polar surface area (TPSA) is 101 Å². The molecule has 0 bridgehead atoms. The fourth-order valence-electron chi connectivity index (χ4n) is 5.64. The molecule has 3 heterocycles. The normalized spacial score (nSPS) is 18.1. The number of ether oxygens (including phenoxy) is 1. The van der Waals surface area contributed by atoms with E-state index in [0.29, 0.717) is 47.6 Å². The monoisotopic (exact) mass is 566 g/mol. The number of hydrogen-bond acceptors (Lipinski definition) is 7. The van der Waals surface area contributed by atoms with Crippen LogP contribution in [0.2, 0.25) is 0 Å². The van der Waals surface area contributed by atoms with Gasteiger partial charge in [-0.25, -0.2) is 19.1 Å². The number of benzene rings is 1. The van der Waals surface area contributed by atoms with E-state index in [1.54, 1.807) is 37.3 Å². The molecule has 1 atom stereocenters. The Labute approximate surface area is 235 Å². The van der Waals surface area contributed by atoms with Gasteiger partial charge in [-0.15, -0.1) is 0 Å². The van der Waals surface area contributed by atoms with Crippen molar-refractivity contribution in [3.63, 3.8) is 0 Å². The molecular weight excluding hydrogens is 531 g/mol. The van der Waals surface area contributed by atoms with Crippen molar-refractivity contribution in [1.29, 1.82) is 0 Å². The number of carbonyl (C=O) groups is 1. The van der Waals surface area contributed by atoms with Crippen LogP contribution in [-0.2, 0) is 10.0 Å². The van der Waals surface area contributed by atoms with Crippen LogP contribution in [0.25, 0.3) is 11.3 Å². The molecule has 1 saturated heterocycles. The van der Waals surface area contributed by atoms with Crippen LogP contribution in [0.1, 0.15) is 62.5 Å². The summed E-state index contributed by atoms with van der Waals surface area (Å²) in [6.07, 6.45) is 4.00. The quantitative estimate of drug-likeness (QED) is 0.383. The third kappa shape index (κ3) is 5.68. The van der Waals surface area contributed by atoms with Crippen molar-refractivity contribution in [2.45, 2.75) is 63.9 Å². The number of rotatable bonds is 8. The second-order valence-electron chi connectivity index (χ2n) is 11.5. The Balaban J connectivity index is 1.55. The first-order valence-corrected chi connectivity index (χ1v) is 15.2. The summed E-state index contributed by atoms with van der Waals surface area (Å²) in [6.45, 7) is 9.01. The zero-order valence-electron chi connectivity index (χ0n) is 23.3. The summed E-state index contributed by atoms with van der Waals surface area (Å²) >= 11 is 0. The van der Waals surface area contributed by atoms with Crippen molar-refractivity contribution in [3.05, 3.63) is 65.6 Å². The van der Waals surface area contributed by atoms with Crippen LogP contribution < -0.4 is 14.4 Å². The molecule has 212 valence electrons. The fourth-order valence-corrected chi connectivity index (χ4v) is 6.63. The van der Waals surface area contributed by atoms with E-state index in [0.717, 1.165) is 25.7 Å². The van der Waals surface area contributed by atoms with Crippen molar-refractivity contribution < 1.29 is 22.3 Å². The summed E-state index contributed by atoms with van der Waals surface area (Å²) in [4.78, 5) is 24.6. The van der Waals surface area contributed by atoms with Crippen LogP contribution >= 0.6 is 0 Å². The molecule has 0 radical (unpaired) electrons. The Morgan fingerprint density at radius 1 is 1.18 bits per heavy atom. The highest BCUT2D eigenvalue weighted by Crippen LogP contribution is 2.49. The number of aryl methyl sites for hydroxylation is 1. The van der Waals surface area contributed by atoms with Gasteiger partial charge in [-0.3, -0.25) is 4.79 Å². The first-order valence-electron chi connectivity index (χ1n) is 13.7. The summed E-state index contributed by atoms with van der Waals surface area (Å²) in [7, 11) is -4.21. The number of hydrogen-bond donors (Lipinski definition) is 1. The number of pyridine rings is 2. The molecule has 1 aliphatic carbocycles. The van der Waals surface area contributed by atoms with Crippen LogP contribution in [0.3, 0.4) is 0 Å². The molecule has 5 rings (SSSR count). The van der Waals surface area contributed by atoms with E-state index in [9.17, 15) is 17.6 Å². The molecule has 1 aromatic carbocycles. The molecule has 40 heavy (non-hydrogen) atoms. The van der Waals surface area contributed by atoms with E-state index in [1.165, 1.54) is 18.2 Å². The van der Waals surface area contributed by atoms with Gasteiger partial charge in [-0.2, -0.15) is 8.42 Å². The zero-order chi connectivity index (χ0) is 28.7. The van der Waals surface area contributed by atoms with E-state index in [-0.39, 0.29) is 22.0 Å². The Hall–Kier alpha value is -3.53. The van der Waals surface area contributed by atoms with Crippen LogP contribution in [0.15, 0.2) is 53.6 Å². The van der Waals surface area contributed by atoms with E-state index in [4.69, 9.17) is 9.72 Å². The molecule has 1 aliphatic heterocycles. The third-order valence-corrected chi connectivity index (χ3v) is 8.80. The zero-order valence-corrected chi connectivity index (χ0v) is 24.1. The number of anilines is 1. The van der Waals surface area contributed by atoms with E-state index in [1.807, 2.05) is 13.8 Å². The standard InChI is InChI=1S/C30H35FN4O4S/c1-19(2)18-39-24-14-22(13-23(31)15-24)26-10-9-25(28(33-26)35-17-20(3)16-30(35)11-6-12-30)29(36)34-40(37,38)27-8-5-7-21(4)32-27/h5,7-10,13-15,19-20H,6,11-12,16-18H2,1-4H3,(H,34,36). The smallest absolute Gasteiger partial charge is 0.281 e. The van der Waals surface area contributed by atoms with Crippen LogP contribution in [0, 0.1) is 24.6 Å². The maximum atomic E-state index is 14.6. The highest BCUT2D eigenvalue weighted by molar-refractivity contribution is 7.90. The van der Waals surface area contributed by atoms with E-state index >= 15 is 0 Å². The molecule has 1 saturated carbocycles. The minimum absolute atomic E-state index is 0.121. The summed E-state index contributed by atoms with van der Waals surface area (Å²) in [5, 5.41) is -0.231. The molecule has 10 heteroatoms. The maximum absolute atomic E-state index is 14.6. The number of carbonyl (C=O) groups excluding carboxylic acids is 1. The average molecular weight is 567 g/mol. The molecular formula is C30H35FN4O4S.